The van der Waals surface area contributed by atoms with Crippen molar-refractivity contribution in [1.82, 2.24) is 9.97 Å². The Morgan fingerprint density at radius 2 is 1.81 bits per heavy atom. The standard InChI is InChI=1S/C24H33N5O3/c1-28(2)22-18-8-4-5-9-19(18)26-23(27-22)25-16-12-14-17(15-13-16)29(24(30)31)20-10-6-7-11-21(20)32-3/h6-7,10-11,16-17H,4-5,8-9,12-15H2,1-3H3,(H,30,31)(H,25,26,27)/t16-,17+. The molecule has 8 nitrogen and oxygen atoms in total. The number of hydrogen-bond donors (Lipinski definition) is 2. The lowest BCUT2D eigenvalue weighted by Gasteiger charge is -2.36. The maximum absolute atomic E-state index is 12.1. The first kappa shape index (κ1) is 22.2. The molecule has 1 aromatic heterocycles. The van der Waals surface area contributed by atoms with E-state index in [0.717, 1.165) is 44.3 Å². The van der Waals surface area contributed by atoms with Crippen LogP contribution in [0, 0.1) is 0 Å². The zero-order chi connectivity index (χ0) is 22.7. The maximum atomic E-state index is 12.1. The van der Waals surface area contributed by atoms with Gasteiger partial charge in [0.15, 0.2) is 0 Å². The Morgan fingerprint density at radius 1 is 1.09 bits per heavy atom. The van der Waals surface area contributed by atoms with Gasteiger partial charge in [-0.05, 0) is 63.5 Å². The number of benzene rings is 1. The fraction of sp³-hybridized carbons (Fsp3) is 0.542. The molecule has 0 unspecified atom stereocenters. The summed E-state index contributed by atoms with van der Waals surface area (Å²) in [6, 6.07) is 7.45. The average molecular weight is 440 g/mol. The van der Waals surface area contributed by atoms with Gasteiger partial charge >= 0.3 is 6.09 Å². The van der Waals surface area contributed by atoms with Crippen molar-refractivity contribution in [3.63, 3.8) is 0 Å². The zero-order valence-corrected chi connectivity index (χ0v) is 19.2. The summed E-state index contributed by atoms with van der Waals surface area (Å²) in [6.07, 6.45) is 6.74. The van der Waals surface area contributed by atoms with E-state index >= 15 is 0 Å². The van der Waals surface area contributed by atoms with E-state index in [4.69, 9.17) is 14.7 Å². The number of para-hydroxylation sites is 2. The molecule has 1 heterocycles. The average Bonchev–Trinajstić information content (AvgIpc) is 2.80. The molecule has 0 saturated heterocycles. The van der Waals surface area contributed by atoms with Crippen molar-refractivity contribution in [3.8, 4) is 5.75 Å². The Hall–Kier alpha value is -3.03. The molecule has 0 radical (unpaired) electrons. The van der Waals surface area contributed by atoms with Gasteiger partial charge in [0.2, 0.25) is 5.95 Å². The summed E-state index contributed by atoms with van der Waals surface area (Å²) in [5.74, 6) is 2.28. The van der Waals surface area contributed by atoms with Crippen molar-refractivity contribution in [2.75, 3.05) is 36.3 Å². The summed E-state index contributed by atoms with van der Waals surface area (Å²) in [5.41, 5.74) is 3.05. The van der Waals surface area contributed by atoms with Crippen molar-refractivity contribution >= 4 is 23.5 Å². The monoisotopic (exact) mass is 439 g/mol. The second-order valence-corrected chi connectivity index (χ2v) is 8.87. The van der Waals surface area contributed by atoms with Gasteiger partial charge in [0.1, 0.15) is 11.6 Å². The van der Waals surface area contributed by atoms with E-state index in [9.17, 15) is 9.90 Å². The fourth-order valence-corrected chi connectivity index (χ4v) is 4.95. The maximum Gasteiger partial charge on any atom is 0.412 e. The van der Waals surface area contributed by atoms with Gasteiger partial charge in [-0.25, -0.2) is 9.78 Å². The first-order chi connectivity index (χ1) is 15.5. The Kier molecular flexibility index (Phi) is 6.67. The third-order valence-corrected chi connectivity index (χ3v) is 6.53. The number of rotatable bonds is 6. The molecule has 8 heteroatoms. The van der Waals surface area contributed by atoms with Crippen LogP contribution in [0.1, 0.15) is 49.8 Å². The minimum Gasteiger partial charge on any atom is -0.495 e. The minimum absolute atomic E-state index is 0.0800. The van der Waals surface area contributed by atoms with Crippen LogP contribution in [0.2, 0.25) is 0 Å². The smallest absolute Gasteiger partial charge is 0.412 e. The molecule has 1 amide bonds. The number of methoxy groups -OCH3 is 1. The molecule has 0 atom stereocenters. The molecule has 2 aliphatic rings. The van der Waals surface area contributed by atoms with E-state index in [1.807, 2.05) is 26.2 Å². The fourth-order valence-electron chi connectivity index (χ4n) is 4.95. The molecule has 2 aliphatic carbocycles. The van der Waals surface area contributed by atoms with Gasteiger partial charge in [-0.2, -0.15) is 4.98 Å². The number of amides is 1. The van der Waals surface area contributed by atoms with Crippen LogP contribution in [0.15, 0.2) is 24.3 Å². The molecule has 32 heavy (non-hydrogen) atoms. The van der Waals surface area contributed by atoms with Crippen molar-refractivity contribution in [3.05, 3.63) is 35.5 Å². The van der Waals surface area contributed by atoms with Gasteiger partial charge in [0, 0.05) is 31.7 Å². The summed E-state index contributed by atoms with van der Waals surface area (Å²) in [6.45, 7) is 0. The summed E-state index contributed by atoms with van der Waals surface area (Å²) in [4.78, 5) is 25.3. The molecule has 0 spiro atoms. The third kappa shape index (κ3) is 4.59. The highest BCUT2D eigenvalue weighted by molar-refractivity contribution is 5.89. The number of nitrogens with zero attached hydrogens (tertiary/aromatic N) is 4. The number of aromatic nitrogens is 2. The van der Waals surface area contributed by atoms with E-state index in [1.165, 1.54) is 29.0 Å². The van der Waals surface area contributed by atoms with Gasteiger partial charge in [-0.3, -0.25) is 4.90 Å². The SMILES string of the molecule is COc1ccccc1N(C(=O)O)[C@H]1CC[C@@H](Nc2nc3c(c(N(C)C)n2)CCCC3)CC1. The number of carboxylic acid groups (broad SMARTS) is 1. The largest absolute Gasteiger partial charge is 0.495 e. The van der Waals surface area contributed by atoms with E-state index in [0.29, 0.717) is 17.4 Å². The number of hydrogen-bond acceptors (Lipinski definition) is 6. The van der Waals surface area contributed by atoms with Crippen LogP contribution in [0.4, 0.5) is 22.2 Å². The minimum atomic E-state index is -0.945. The summed E-state index contributed by atoms with van der Waals surface area (Å²) in [5, 5.41) is 13.5. The van der Waals surface area contributed by atoms with Gasteiger partial charge < -0.3 is 20.1 Å². The Morgan fingerprint density at radius 3 is 2.50 bits per heavy atom. The molecule has 1 fully saturated rings. The lowest BCUT2D eigenvalue weighted by molar-refractivity contribution is 0.195. The first-order valence-corrected chi connectivity index (χ1v) is 11.5. The molecule has 172 valence electrons. The predicted octanol–water partition coefficient (Wildman–Crippen LogP) is 4.34. The molecule has 2 aromatic rings. The summed E-state index contributed by atoms with van der Waals surface area (Å²) >= 11 is 0. The lowest BCUT2D eigenvalue weighted by atomic mass is 9.90. The second kappa shape index (κ2) is 9.63. The number of ether oxygens (including phenoxy) is 1. The molecule has 2 N–H and O–H groups in total. The number of fused-ring (bicyclic) bond motifs is 1. The van der Waals surface area contributed by atoms with Crippen molar-refractivity contribution in [1.29, 1.82) is 0 Å². The van der Waals surface area contributed by atoms with Crippen LogP contribution in [0.3, 0.4) is 0 Å². The van der Waals surface area contributed by atoms with Gasteiger partial charge in [0.05, 0.1) is 18.5 Å². The van der Waals surface area contributed by atoms with E-state index < -0.39 is 6.09 Å². The highest BCUT2D eigenvalue weighted by atomic mass is 16.5. The Bertz CT molecular complexity index is 957. The molecule has 0 aliphatic heterocycles. The number of nitrogens with one attached hydrogen (secondary N) is 1. The van der Waals surface area contributed by atoms with Crippen molar-refractivity contribution < 1.29 is 14.6 Å². The van der Waals surface area contributed by atoms with Crippen molar-refractivity contribution in [2.45, 2.75) is 63.5 Å². The molecular formula is C24H33N5O3. The molecular weight excluding hydrogens is 406 g/mol. The van der Waals surface area contributed by atoms with E-state index in [-0.39, 0.29) is 12.1 Å². The summed E-state index contributed by atoms with van der Waals surface area (Å²) in [7, 11) is 5.63. The normalized spacial score (nSPS) is 20.2. The van der Waals surface area contributed by atoms with Crippen LogP contribution in [0.5, 0.6) is 5.75 Å². The molecule has 0 bridgehead atoms. The Balaban J connectivity index is 1.46. The van der Waals surface area contributed by atoms with Crippen LogP contribution < -0.4 is 19.9 Å². The van der Waals surface area contributed by atoms with E-state index in [2.05, 4.69) is 10.2 Å². The predicted molar refractivity (Wildman–Crippen MR) is 126 cm³/mol. The highest BCUT2D eigenvalue weighted by Crippen LogP contribution is 2.35. The lowest BCUT2D eigenvalue weighted by Crippen LogP contribution is -2.44. The molecule has 1 saturated carbocycles. The number of aryl methyl sites for hydroxylation is 1. The van der Waals surface area contributed by atoms with E-state index in [1.54, 1.807) is 19.2 Å². The zero-order valence-electron chi connectivity index (χ0n) is 19.2. The van der Waals surface area contributed by atoms with Crippen molar-refractivity contribution in [2.24, 2.45) is 0 Å². The highest BCUT2D eigenvalue weighted by Gasteiger charge is 2.32. The van der Waals surface area contributed by atoms with Gasteiger partial charge in [0.25, 0.3) is 0 Å². The topological polar surface area (TPSA) is 90.8 Å². The van der Waals surface area contributed by atoms with Gasteiger partial charge in [-0.1, -0.05) is 12.1 Å². The van der Waals surface area contributed by atoms with Gasteiger partial charge in [-0.15, -0.1) is 0 Å². The third-order valence-electron chi connectivity index (χ3n) is 6.53. The Labute approximate surface area is 189 Å². The number of carbonyl (C=O) groups is 1. The van der Waals surface area contributed by atoms with Crippen LogP contribution in [-0.2, 0) is 12.8 Å². The quantitative estimate of drug-likeness (QED) is 0.692. The number of anilines is 3. The van der Waals surface area contributed by atoms with Crippen LogP contribution in [0.25, 0.3) is 0 Å². The molecule has 4 rings (SSSR count). The van der Waals surface area contributed by atoms with Crippen LogP contribution in [-0.4, -0.2) is 54.5 Å². The summed E-state index contributed by atoms with van der Waals surface area (Å²) < 4.78 is 5.41. The second-order valence-electron chi connectivity index (χ2n) is 8.87. The first-order valence-electron chi connectivity index (χ1n) is 11.5. The molecule has 1 aromatic carbocycles. The van der Waals surface area contributed by atoms with Crippen LogP contribution >= 0.6 is 0 Å².